The standard InChI is InChI=1S/C12H12F3NO2/c13-12(14,15)8-17-9-18-11-5-1-3-10(7-11)4-2-6-16/h1,3,5,7H,6,8-9,16H2. The highest BCUT2D eigenvalue weighted by Crippen LogP contribution is 2.15. The molecular formula is C12H12F3NO2. The predicted molar refractivity (Wildman–Crippen MR) is 59.9 cm³/mol. The first kappa shape index (κ1) is 14.4. The van der Waals surface area contributed by atoms with Crippen LogP contribution in [0.3, 0.4) is 0 Å². The van der Waals surface area contributed by atoms with Crippen LogP contribution in [0, 0.1) is 11.8 Å². The van der Waals surface area contributed by atoms with Crippen LogP contribution in [0.2, 0.25) is 0 Å². The van der Waals surface area contributed by atoms with Crippen LogP contribution >= 0.6 is 0 Å². The lowest BCUT2D eigenvalue weighted by Gasteiger charge is -2.09. The summed E-state index contributed by atoms with van der Waals surface area (Å²) >= 11 is 0. The van der Waals surface area contributed by atoms with Gasteiger partial charge < -0.3 is 15.2 Å². The van der Waals surface area contributed by atoms with E-state index in [-0.39, 0.29) is 6.54 Å². The van der Waals surface area contributed by atoms with Crippen LogP contribution in [0.25, 0.3) is 0 Å². The molecule has 18 heavy (non-hydrogen) atoms. The SMILES string of the molecule is NCC#Cc1cccc(OCOCC(F)(F)F)c1. The van der Waals surface area contributed by atoms with Gasteiger partial charge in [0, 0.05) is 5.56 Å². The molecule has 0 atom stereocenters. The van der Waals surface area contributed by atoms with Crippen LogP contribution in [0.5, 0.6) is 5.75 Å². The summed E-state index contributed by atoms with van der Waals surface area (Å²) < 4.78 is 44.6. The minimum atomic E-state index is -4.35. The number of benzene rings is 1. The fraction of sp³-hybridized carbons (Fsp3) is 0.333. The van der Waals surface area contributed by atoms with Gasteiger partial charge in [0.05, 0.1) is 6.54 Å². The largest absolute Gasteiger partial charge is 0.468 e. The zero-order chi connectivity index (χ0) is 13.4. The molecule has 1 aromatic carbocycles. The molecular weight excluding hydrogens is 247 g/mol. The van der Waals surface area contributed by atoms with Crippen molar-refractivity contribution in [2.24, 2.45) is 5.73 Å². The molecule has 2 N–H and O–H groups in total. The number of ether oxygens (including phenoxy) is 2. The molecule has 0 spiro atoms. The van der Waals surface area contributed by atoms with Gasteiger partial charge in [0.2, 0.25) is 0 Å². The van der Waals surface area contributed by atoms with Crippen molar-refractivity contribution in [2.45, 2.75) is 6.18 Å². The summed E-state index contributed by atoms with van der Waals surface area (Å²) in [7, 11) is 0. The molecule has 3 nitrogen and oxygen atoms in total. The first-order valence-corrected chi connectivity index (χ1v) is 5.07. The molecule has 0 aliphatic rings. The number of alkyl halides is 3. The highest BCUT2D eigenvalue weighted by molar-refractivity contribution is 5.39. The van der Waals surface area contributed by atoms with E-state index < -0.39 is 19.6 Å². The van der Waals surface area contributed by atoms with Gasteiger partial charge >= 0.3 is 6.18 Å². The lowest BCUT2D eigenvalue weighted by Crippen LogP contribution is -2.19. The summed E-state index contributed by atoms with van der Waals surface area (Å²) in [6.07, 6.45) is -4.35. The fourth-order valence-corrected chi connectivity index (χ4v) is 1.08. The van der Waals surface area contributed by atoms with Crippen LogP contribution in [0.4, 0.5) is 13.2 Å². The molecule has 98 valence electrons. The van der Waals surface area contributed by atoms with E-state index >= 15 is 0 Å². The third-order valence-corrected chi connectivity index (χ3v) is 1.74. The number of hydrogen-bond donors (Lipinski definition) is 1. The lowest BCUT2D eigenvalue weighted by molar-refractivity contribution is -0.186. The summed E-state index contributed by atoms with van der Waals surface area (Å²) in [5, 5.41) is 0. The lowest BCUT2D eigenvalue weighted by atomic mass is 10.2. The van der Waals surface area contributed by atoms with E-state index in [1.54, 1.807) is 24.3 Å². The molecule has 0 saturated carbocycles. The van der Waals surface area contributed by atoms with Crippen molar-refractivity contribution in [3.05, 3.63) is 29.8 Å². The summed E-state index contributed by atoms with van der Waals surface area (Å²) in [6, 6.07) is 6.62. The van der Waals surface area contributed by atoms with E-state index in [0.717, 1.165) is 0 Å². The topological polar surface area (TPSA) is 44.5 Å². The number of halogens is 3. The van der Waals surface area contributed by atoms with Crippen molar-refractivity contribution in [1.29, 1.82) is 0 Å². The van der Waals surface area contributed by atoms with Gasteiger partial charge in [-0.3, -0.25) is 0 Å². The van der Waals surface area contributed by atoms with Crippen LogP contribution in [-0.4, -0.2) is 26.1 Å². The van der Waals surface area contributed by atoms with E-state index in [2.05, 4.69) is 16.6 Å². The van der Waals surface area contributed by atoms with Gasteiger partial charge in [-0.25, -0.2) is 0 Å². The first-order chi connectivity index (χ1) is 8.51. The van der Waals surface area contributed by atoms with E-state index in [9.17, 15) is 13.2 Å². The highest BCUT2D eigenvalue weighted by atomic mass is 19.4. The van der Waals surface area contributed by atoms with Gasteiger partial charge in [0.1, 0.15) is 12.4 Å². The molecule has 0 heterocycles. The molecule has 0 unspecified atom stereocenters. The Morgan fingerprint density at radius 3 is 2.72 bits per heavy atom. The molecule has 1 rings (SSSR count). The Morgan fingerprint density at radius 1 is 1.28 bits per heavy atom. The second-order valence-electron chi connectivity index (χ2n) is 3.26. The van der Waals surface area contributed by atoms with Crippen molar-refractivity contribution in [3.63, 3.8) is 0 Å². The maximum absolute atomic E-state index is 11.8. The van der Waals surface area contributed by atoms with Gasteiger partial charge in [-0.15, -0.1) is 0 Å². The Balaban J connectivity index is 2.43. The monoisotopic (exact) mass is 259 g/mol. The molecule has 0 fully saturated rings. The number of nitrogens with two attached hydrogens (primary N) is 1. The Hall–Kier alpha value is -1.71. The minimum absolute atomic E-state index is 0.236. The average molecular weight is 259 g/mol. The zero-order valence-corrected chi connectivity index (χ0v) is 9.46. The van der Waals surface area contributed by atoms with Crippen molar-refractivity contribution in [1.82, 2.24) is 0 Å². The second-order valence-corrected chi connectivity index (χ2v) is 3.26. The summed E-state index contributed by atoms with van der Waals surface area (Å²) in [4.78, 5) is 0. The maximum Gasteiger partial charge on any atom is 0.411 e. The predicted octanol–water partition coefficient (Wildman–Crippen LogP) is 1.91. The number of hydrogen-bond acceptors (Lipinski definition) is 3. The number of rotatable bonds is 4. The zero-order valence-electron chi connectivity index (χ0n) is 9.46. The third-order valence-electron chi connectivity index (χ3n) is 1.74. The summed E-state index contributed by atoms with van der Waals surface area (Å²) in [6.45, 7) is -1.56. The Morgan fingerprint density at radius 2 is 2.06 bits per heavy atom. The summed E-state index contributed by atoms with van der Waals surface area (Å²) in [5.74, 6) is 5.83. The smallest absolute Gasteiger partial charge is 0.411 e. The van der Waals surface area contributed by atoms with E-state index in [1.807, 2.05) is 0 Å². The van der Waals surface area contributed by atoms with Crippen LogP contribution in [-0.2, 0) is 4.74 Å². The Labute approximate surface area is 103 Å². The van der Waals surface area contributed by atoms with Gasteiger partial charge in [-0.05, 0) is 18.2 Å². The van der Waals surface area contributed by atoms with E-state index in [4.69, 9.17) is 10.5 Å². The van der Waals surface area contributed by atoms with E-state index in [1.165, 1.54) is 0 Å². The Kier molecular flexibility index (Phi) is 5.49. The average Bonchev–Trinajstić information content (AvgIpc) is 2.31. The van der Waals surface area contributed by atoms with Crippen molar-refractivity contribution in [3.8, 4) is 17.6 Å². The van der Waals surface area contributed by atoms with Gasteiger partial charge in [0.15, 0.2) is 6.79 Å². The van der Waals surface area contributed by atoms with Gasteiger partial charge in [-0.1, -0.05) is 17.9 Å². The van der Waals surface area contributed by atoms with Crippen LogP contribution in [0.15, 0.2) is 24.3 Å². The van der Waals surface area contributed by atoms with Crippen LogP contribution in [0.1, 0.15) is 5.56 Å². The summed E-state index contributed by atoms with van der Waals surface area (Å²) in [5.41, 5.74) is 5.90. The molecule has 1 aromatic rings. The molecule has 0 aliphatic heterocycles. The molecule has 0 aliphatic carbocycles. The molecule has 0 bridgehead atoms. The van der Waals surface area contributed by atoms with Gasteiger partial charge in [0.25, 0.3) is 0 Å². The van der Waals surface area contributed by atoms with Crippen LogP contribution < -0.4 is 10.5 Å². The third kappa shape index (κ3) is 6.13. The fourth-order valence-electron chi connectivity index (χ4n) is 1.08. The minimum Gasteiger partial charge on any atom is -0.468 e. The first-order valence-electron chi connectivity index (χ1n) is 5.07. The normalized spacial score (nSPS) is 10.7. The van der Waals surface area contributed by atoms with Gasteiger partial charge in [-0.2, -0.15) is 13.2 Å². The maximum atomic E-state index is 11.8. The molecule has 0 amide bonds. The second kappa shape index (κ2) is 6.89. The van der Waals surface area contributed by atoms with Crippen molar-refractivity contribution in [2.75, 3.05) is 19.9 Å². The van der Waals surface area contributed by atoms with E-state index in [0.29, 0.717) is 11.3 Å². The molecule has 6 heteroatoms. The molecule has 0 radical (unpaired) electrons. The Bertz CT molecular complexity index is 435. The van der Waals surface area contributed by atoms with Crippen molar-refractivity contribution < 1.29 is 22.6 Å². The highest BCUT2D eigenvalue weighted by Gasteiger charge is 2.27. The quantitative estimate of drug-likeness (QED) is 0.510. The van der Waals surface area contributed by atoms with Crippen molar-refractivity contribution >= 4 is 0 Å². The molecule has 0 saturated heterocycles. The molecule has 0 aromatic heterocycles.